The Kier molecular flexibility index (Phi) is 5.70. The fourth-order valence-corrected chi connectivity index (χ4v) is 3.04. The highest BCUT2D eigenvalue weighted by Crippen LogP contribution is 2.29. The molecule has 0 N–H and O–H groups in total. The smallest absolute Gasteiger partial charge is 0.0414 e. The second-order valence-corrected chi connectivity index (χ2v) is 6.00. The van der Waals surface area contributed by atoms with Gasteiger partial charge >= 0.3 is 0 Å². The highest BCUT2D eigenvalue weighted by Gasteiger charge is 2.05. The summed E-state index contributed by atoms with van der Waals surface area (Å²) in [5.41, 5.74) is 4.87. The van der Waals surface area contributed by atoms with Crippen LogP contribution in [-0.4, -0.2) is 7.05 Å². The molecule has 0 aliphatic rings. The number of benzene rings is 4. The highest BCUT2D eigenvalue weighted by atomic mass is 15.1. The zero-order chi connectivity index (χ0) is 18.4. The molecule has 0 unspecified atom stereocenters. The van der Waals surface area contributed by atoms with Crippen LogP contribution in [0.5, 0.6) is 0 Å². The van der Waals surface area contributed by atoms with Crippen LogP contribution in [0.15, 0.2) is 97.1 Å². The molecule has 0 spiro atoms. The lowest BCUT2D eigenvalue weighted by molar-refractivity contribution is 1.21. The molecule has 0 aliphatic carbocycles. The van der Waals surface area contributed by atoms with Crippen LogP contribution in [-0.2, 0) is 0 Å². The summed E-state index contributed by atoms with van der Waals surface area (Å²) in [4.78, 5) is 2.22. The Morgan fingerprint density at radius 3 is 1.73 bits per heavy atom. The molecule has 130 valence electrons. The van der Waals surface area contributed by atoms with E-state index in [2.05, 4.69) is 103 Å². The number of rotatable bonds is 3. The van der Waals surface area contributed by atoms with Crippen molar-refractivity contribution < 1.29 is 0 Å². The lowest BCUT2D eigenvalue weighted by Gasteiger charge is -2.20. The van der Waals surface area contributed by atoms with Gasteiger partial charge in [-0.05, 0) is 46.2 Å². The SMILES string of the molecule is CC.CN(c1ccc(-c2ccccc2)cc1)c1ccc2ccccc2c1. The summed E-state index contributed by atoms with van der Waals surface area (Å²) >= 11 is 0. The minimum absolute atomic E-state index is 1.19. The van der Waals surface area contributed by atoms with Crippen LogP contribution in [0, 0.1) is 0 Å². The van der Waals surface area contributed by atoms with Gasteiger partial charge in [0, 0.05) is 18.4 Å². The van der Waals surface area contributed by atoms with E-state index in [4.69, 9.17) is 0 Å². The minimum Gasteiger partial charge on any atom is -0.345 e. The van der Waals surface area contributed by atoms with Gasteiger partial charge in [-0.15, -0.1) is 0 Å². The topological polar surface area (TPSA) is 3.24 Å². The summed E-state index contributed by atoms with van der Waals surface area (Å²) in [5.74, 6) is 0. The summed E-state index contributed by atoms with van der Waals surface area (Å²) in [6.07, 6.45) is 0. The van der Waals surface area contributed by atoms with Crippen molar-refractivity contribution in [3.63, 3.8) is 0 Å². The molecule has 0 heterocycles. The van der Waals surface area contributed by atoms with Gasteiger partial charge in [-0.2, -0.15) is 0 Å². The fourth-order valence-electron chi connectivity index (χ4n) is 3.04. The van der Waals surface area contributed by atoms with Crippen LogP contribution in [0.1, 0.15) is 13.8 Å². The first-order chi connectivity index (χ1) is 12.8. The molecule has 0 fully saturated rings. The van der Waals surface area contributed by atoms with Crippen molar-refractivity contribution in [2.75, 3.05) is 11.9 Å². The maximum Gasteiger partial charge on any atom is 0.0414 e. The third kappa shape index (κ3) is 3.78. The first-order valence-corrected chi connectivity index (χ1v) is 9.19. The number of hydrogen-bond donors (Lipinski definition) is 0. The zero-order valence-corrected chi connectivity index (χ0v) is 15.7. The van der Waals surface area contributed by atoms with Gasteiger partial charge in [0.1, 0.15) is 0 Å². The lowest BCUT2D eigenvalue weighted by Crippen LogP contribution is -2.09. The maximum atomic E-state index is 2.24. The Balaban J connectivity index is 0.000000948. The summed E-state index contributed by atoms with van der Waals surface area (Å²) in [7, 11) is 2.11. The first kappa shape index (κ1) is 17.8. The third-order valence-corrected chi connectivity index (χ3v) is 4.48. The molecular formula is C25H25N. The van der Waals surface area contributed by atoms with E-state index in [9.17, 15) is 0 Å². The van der Waals surface area contributed by atoms with Gasteiger partial charge in [0.15, 0.2) is 0 Å². The van der Waals surface area contributed by atoms with Gasteiger partial charge in [-0.25, -0.2) is 0 Å². The molecule has 0 amide bonds. The summed E-state index contributed by atoms with van der Waals surface area (Å²) in [6.45, 7) is 4.00. The number of nitrogens with zero attached hydrogens (tertiary/aromatic N) is 1. The quantitative estimate of drug-likeness (QED) is 0.378. The Bertz CT molecular complexity index is 956. The van der Waals surface area contributed by atoms with E-state index in [1.807, 2.05) is 19.9 Å². The van der Waals surface area contributed by atoms with Crippen molar-refractivity contribution in [3.05, 3.63) is 97.1 Å². The maximum absolute atomic E-state index is 2.24. The predicted octanol–water partition coefficient (Wildman–Crippen LogP) is 7.30. The van der Waals surface area contributed by atoms with E-state index >= 15 is 0 Å². The summed E-state index contributed by atoms with van der Waals surface area (Å²) in [5, 5.41) is 2.54. The van der Waals surface area contributed by atoms with Crippen molar-refractivity contribution in [3.8, 4) is 11.1 Å². The van der Waals surface area contributed by atoms with Crippen molar-refractivity contribution in [1.29, 1.82) is 0 Å². The van der Waals surface area contributed by atoms with Crippen molar-refractivity contribution in [1.82, 2.24) is 0 Å². The lowest BCUT2D eigenvalue weighted by atomic mass is 10.1. The molecule has 1 nitrogen and oxygen atoms in total. The highest BCUT2D eigenvalue weighted by molar-refractivity contribution is 5.87. The monoisotopic (exact) mass is 339 g/mol. The number of anilines is 2. The van der Waals surface area contributed by atoms with Gasteiger partial charge in [-0.3, -0.25) is 0 Å². The average molecular weight is 339 g/mol. The van der Waals surface area contributed by atoms with Gasteiger partial charge in [-0.1, -0.05) is 86.6 Å². The number of fused-ring (bicyclic) bond motifs is 1. The van der Waals surface area contributed by atoms with Crippen LogP contribution in [0.25, 0.3) is 21.9 Å². The van der Waals surface area contributed by atoms with E-state index in [1.165, 1.54) is 33.3 Å². The third-order valence-electron chi connectivity index (χ3n) is 4.48. The molecule has 1 heteroatoms. The van der Waals surface area contributed by atoms with Crippen LogP contribution < -0.4 is 4.90 Å². The molecule has 0 atom stereocenters. The molecule has 0 saturated heterocycles. The molecule has 26 heavy (non-hydrogen) atoms. The average Bonchev–Trinajstić information content (AvgIpc) is 2.75. The van der Waals surface area contributed by atoms with E-state index < -0.39 is 0 Å². The fraction of sp³-hybridized carbons (Fsp3) is 0.120. The summed E-state index contributed by atoms with van der Waals surface area (Å²) < 4.78 is 0. The van der Waals surface area contributed by atoms with E-state index in [0.29, 0.717) is 0 Å². The Hall–Kier alpha value is -3.06. The van der Waals surface area contributed by atoms with Gasteiger partial charge in [0.25, 0.3) is 0 Å². The molecule has 0 saturated carbocycles. The first-order valence-electron chi connectivity index (χ1n) is 9.19. The van der Waals surface area contributed by atoms with Crippen LogP contribution >= 0.6 is 0 Å². The molecular weight excluding hydrogens is 314 g/mol. The molecule has 0 bridgehead atoms. The van der Waals surface area contributed by atoms with Gasteiger partial charge < -0.3 is 4.90 Å². The van der Waals surface area contributed by atoms with Crippen molar-refractivity contribution in [2.45, 2.75) is 13.8 Å². The Morgan fingerprint density at radius 1 is 0.500 bits per heavy atom. The van der Waals surface area contributed by atoms with Gasteiger partial charge in [0.05, 0.1) is 0 Å². The molecule has 0 aliphatic heterocycles. The number of hydrogen-bond acceptors (Lipinski definition) is 1. The Labute approximate surface area is 156 Å². The Morgan fingerprint density at radius 2 is 1.04 bits per heavy atom. The molecule has 4 aromatic carbocycles. The normalized spacial score (nSPS) is 10.1. The van der Waals surface area contributed by atoms with Crippen LogP contribution in [0.4, 0.5) is 11.4 Å². The van der Waals surface area contributed by atoms with E-state index in [-0.39, 0.29) is 0 Å². The molecule has 0 aromatic heterocycles. The van der Waals surface area contributed by atoms with Crippen molar-refractivity contribution >= 4 is 22.1 Å². The summed E-state index contributed by atoms with van der Waals surface area (Å²) in [6, 6.07) is 34.3. The van der Waals surface area contributed by atoms with Crippen LogP contribution in [0.3, 0.4) is 0 Å². The van der Waals surface area contributed by atoms with Crippen LogP contribution in [0.2, 0.25) is 0 Å². The second-order valence-electron chi connectivity index (χ2n) is 6.00. The standard InChI is InChI=1S/C23H19N.C2H6/c1-24(23-16-13-19-9-5-6-10-21(19)17-23)22-14-11-20(12-15-22)18-7-3-2-4-8-18;1-2/h2-17H,1H3;1-2H3. The molecule has 4 rings (SSSR count). The second kappa shape index (κ2) is 8.35. The molecule has 0 radical (unpaired) electrons. The molecule has 4 aromatic rings. The van der Waals surface area contributed by atoms with E-state index in [0.717, 1.165) is 0 Å². The largest absolute Gasteiger partial charge is 0.345 e. The zero-order valence-electron chi connectivity index (χ0n) is 15.7. The van der Waals surface area contributed by atoms with Crippen molar-refractivity contribution in [2.24, 2.45) is 0 Å². The minimum atomic E-state index is 1.19. The predicted molar refractivity (Wildman–Crippen MR) is 115 cm³/mol. The van der Waals surface area contributed by atoms with Gasteiger partial charge in [0.2, 0.25) is 0 Å². The van der Waals surface area contributed by atoms with E-state index in [1.54, 1.807) is 0 Å².